The number of hydrogen-bond donors (Lipinski definition) is 1. The number of morpholine rings is 1. The van der Waals surface area contributed by atoms with Crippen molar-refractivity contribution in [2.24, 2.45) is 4.99 Å². The molecule has 0 radical (unpaired) electrons. The summed E-state index contributed by atoms with van der Waals surface area (Å²) in [7, 11) is 0. The lowest BCUT2D eigenvalue weighted by molar-refractivity contribution is 0.0195. The van der Waals surface area contributed by atoms with Gasteiger partial charge in [-0.15, -0.1) is 24.0 Å². The van der Waals surface area contributed by atoms with Crippen LogP contribution in [0.4, 0.5) is 0 Å². The molecule has 3 rings (SSSR count). The predicted molar refractivity (Wildman–Crippen MR) is 112 cm³/mol. The number of aromatic nitrogens is 1. The van der Waals surface area contributed by atoms with Gasteiger partial charge in [-0.2, -0.15) is 0 Å². The smallest absolute Gasteiger partial charge is 0.193 e. The van der Waals surface area contributed by atoms with Crippen LogP contribution in [0.3, 0.4) is 0 Å². The Hall–Kier alpha value is -0.930. The summed E-state index contributed by atoms with van der Waals surface area (Å²) in [6.07, 6.45) is 3.94. The van der Waals surface area contributed by atoms with E-state index in [2.05, 4.69) is 33.1 Å². The molecule has 1 aromatic heterocycles. The monoisotopic (exact) mass is 459 g/mol. The molecule has 1 aromatic rings. The molecule has 0 saturated carbocycles. The van der Waals surface area contributed by atoms with Gasteiger partial charge in [-0.3, -0.25) is 14.9 Å². The van der Waals surface area contributed by atoms with Gasteiger partial charge < -0.3 is 15.0 Å². The number of nitrogens with zero attached hydrogens (tertiary/aromatic N) is 4. The van der Waals surface area contributed by atoms with Crippen LogP contribution in [0, 0.1) is 0 Å². The Labute approximate surface area is 168 Å². The van der Waals surface area contributed by atoms with Crippen molar-refractivity contribution in [3.63, 3.8) is 0 Å². The van der Waals surface area contributed by atoms with Crippen LogP contribution in [0.2, 0.25) is 0 Å². The van der Waals surface area contributed by atoms with E-state index in [-0.39, 0.29) is 24.0 Å². The molecule has 2 aliphatic rings. The normalized spacial score (nSPS) is 21.9. The van der Waals surface area contributed by atoms with Crippen molar-refractivity contribution >= 4 is 29.9 Å². The molecule has 7 heteroatoms. The number of guanidine groups is 1. The van der Waals surface area contributed by atoms with Gasteiger partial charge in [0, 0.05) is 63.6 Å². The van der Waals surface area contributed by atoms with Crippen LogP contribution in [0.25, 0.3) is 0 Å². The molecular weight excluding hydrogens is 429 g/mol. The van der Waals surface area contributed by atoms with Gasteiger partial charge in [-0.1, -0.05) is 6.07 Å². The molecule has 6 nitrogen and oxygen atoms in total. The van der Waals surface area contributed by atoms with Crippen molar-refractivity contribution in [2.45, 2.75) is 25.8 Å². The van der Waals surface area contributed by atoms with Crippen molar-refractivity contribution in [2.75, 3.05) is 52.5 Å². The first-order chi connectivity index (χ1) is 11.9. The summed E-state index contributed by atoms with van der Waals surface area (Å²) in [5.41, 5.74) is 1.10. The summed E-state index contributed by atoms with van der Waals surface area (Å²) in [5.74, 6) is 1.05. The predicted octanol–water partition coefficient (Wildman–Crippen LogP) is 1.61. The van der Waals surface area contributed by atoms with E-state index in [4.69, 9.17) is 9.73 Å². The largest absolute Gasteiger partial charge is 0.379 e. The van der Waals surface area contributed by atoms with E-state index in [9.17, 15) is 0 Å². The highest BCUT2D eigenvalue weighted by atomic mass is 127. The van der Waals surface area contributed by atoms with Crippen molar-refractivity contribution in [3.05, 3.63) is 30.1 Å². The number of aliphatic imine (C=N–C) groups is 1. The van der Waals surface area contributed by atoms with Gasteiger partial charge in [0.15, 0.2) is 5.96 Å². The number of rotatable bonds is 5. The molecule has 2 fully saturated rings. The van der Waals surface area contributed by atoms with Gasteiger partial charge in [0.05, 0.1) is 13.2 Å². The first-order valence-electron chi connectivity index (χ1n) is 9.12. The molecule has 1 atom stereocenters. The number of pyridine rings is 1. The molecular formula is C18H30IN5O. The van der Waals surface area contributed by atoms with Crippen molar-refractivity contribution < 1.29 is 4.74 Å². The standard InChI is InChI=1S/C18H29N5O.HI/c1-2-19-18(21-9-6-16-5-3-4-8-20-16)23-10-7-17(15-23)22-11-13-24-14-12-22;/h3-5,8,17H,2,6-7,9-15H2,1H3,(H,19,21);1H. The van der Waals surface area contributed by atoms with Crippen LogP contribution < -0.4 is 5.32 Å². The number of ether oxygens (including phenoxy) is 1. The van der Waals surface area contributed by atoms with Crippen LogP contribution in [0.1, 0.15) is 19.0 Å². The number of halogens is 1. The van der Waals surface area contributed by atoms with Crippen LogP contribution in [-0.2, 0) is 11.2 Å². The van der Waals surface area contributed by atoms with Crippen molar-refractivity contribution in [1.82, 2.24) is 20.1 Å². The molecule has 0 amide bonds. The highest BCUT2D eigenvalue weighted by Gasteiger charge is 2.30. The maximum atomic E-state index is 5.47. The Morgan fingerprint density at radius 2 is 2.16 bits per heavy atom. The van der Waals surface area contributed by atoms with Gasteiger partial charge in [0.1, 0.15) is 0 Å². The first-order valence-corrected chi connectivity index (χ1v) is 9.12. The zero-order valence-electron chi connectivity index (χ0n) is 15.1. The molecule has 140 valence electrons. The van der Waals surface area contributed by atoms with Gasteiger partial charge in [0.25, 0.3) is 0 Å². The fourth-order valence-electron chi connectivity index (χ4n) is 3.42. The van der Waals surface area contributed by atoms with Gasteiger partial charge >= 0.3 is 0 Å². The summed E-state index contributed by atoms with van der Waals surface area (Å²) < 4.78 is 5.47. The summed E-state index contributed by atoms with van der Waals surface area (Å²) in [6.45, 7) is 9.82. The van der Waals surface area contributed by atoms with E-state index in [0.717, 1.165) is 70.6 Å². The minimum absolute atomic E-state index is 0. The van der Waals surface area contributed by atoms with Crippen LogP contribution in [-0.4, -0.2) is 79.3 Å². The van der Waals surface area contributed by atoms with E-state index in [0.29, 0.717) is 6.04 Å². The fraction of sp³-hybridized carbons (Fsp3) is 0.667. The molecule has 0 bridgehead atoms. The molecule has 1 N–H and O–H groups in total. The highest BCUT2D eigenvalue weighted by molar-refractivity contribution is 14.0. The van der Waals surface area contributed by atoms with Crippen molar-refractivity contribution in [1.29, 1.82) is 0 Å². The zero-order valence-corrected chi connectivity index (χ0v) is 17.4. The van der Waals surface area contributed by atoms with Crippen molar-refractivity contribution in [3.8, 4) is 0 Å². The second-order valence-electron chi connectivity index (χ2n) is 6.34. The maximum absolute atomic E-state index is 5.47. The van der Waals surface area contributed by atoms with Crippen LogP contribution >= 0.6 is 24.0 Å². The molecule has 0 spiro atoms. The van der Waals surface area contributed by atoms with Gasteiger partial charge in [-0.25, -0.2) is 0 Å². The lowest BCUT2D eigenvalue weighted by atomic mass is 10.2. The SMILES string of the molecule is CCNC(=NCCc1ccccn1)N1CCC(N2CCOCC2)C1.I. The number of nitrogens with one attached hydrogen (secondary N) is 1. The molecule has 25 heavy (non-hydrogen) atoms. The average Bonchev–Trinajstić information content (AvgIpc) is 3.13. The molecule has 0 aromatic carbocycles. The fourth-order valence-corrected chi connectivity index (χ4v) is 3.42. The van der Waals surface area contributed by atoms with Gasteiger partial charge in [-0.05, 0) is 25.5 Å². The summed E-state index contributed by atoms with van der Waals surface area (Å²) in [4.78, 5) is 14.2. The van der Waals surface area contributed by atoms with E-state index < -0.39 is 0 Å². The molecule has 0 aliphatic carbocycles. The quantitative estimate of drug-likeness (QED) is 0.412. The summed E-state index contributed by atoms with van der Waals surface area (Å²) in [6, 6.07) is 6.68. The van der Waals surface area contributed by atoms with E-state index in [1.165, 1.54) is 6.42 Å². The third-order valence-electron chi connectivity index (χ3n) is 4.72. The van der Waals surface area contributed by atoms with Crippen LogP contribution in [0.15, 0.2) is 29.4 Å². The molecule has 1 unspecified atom stereocenters. The minimum atomic E-state index is 0. The third kappa shape index (κ3) is 6.07. The Kier molecular flexibility index (Phi) is 8.91. The molecule has 3 heterocycles. The molecule has 2 aliphatic heterocycles. The Bertz CT molecular complexity index is 521. The summed E-state index contributed by atoms with van der Waals surface area (Å²) >= 11 is 0. The molecule has 2 saturated heterocycles. The second kappa shape index (κ2) is 10.9. The van der Waals surface area contributed by atoms with Crippen LogP contribution in [0.5, 0.6) is 0 Å². The zero-order chi connectivity index (χ0) is 16.6. The lowest BCUT2D eigenvalue weighted by Gasteiger charge is -2.32. The topological polar surface area (TPSA) is 53.0 Å². The van der Waals surface area contributed by atoms with Gasteiger partial charge in [0.2, 0.25) is 0 Å². The minimum Gasteiger partial charge on any atom is -0.379 e. The lowest BCUT2D eigenvalue weighted by Crippen LogP contribution is -2.46. The van der Waals surface area contributed by atoms with E-state index in [1.807, 2.05) is 18.3 Å². The second-order valence-corrected chi connectivity index (χ2v) is 6.34. The summed E-state index contributed by atoms with van der Waals surface area (Å²) in [5, 5.41) is 3.45. The Balaban J connectivity index is 0.00000225. The third-order valence-corrected chi connectivity index (χ3v) is 4.72. The number of hydrogen-bond acceptors (Lipinski definition) is 4. The highest BCUT2D eigenvalue weighted by Crippen LogP contribution is 2.17. The number of likely N-dealkylation sites (tertiary alicyclic amines) is 1. The van der Waals surface area contributed by atoms with E-state index in [1.54, 1.807) is 0 Å². The Morgan fingerprint density at radius 1 is 1.32 bits per heavy atom. The van der Waals surface area contributed by atoms with E-state index >= 15 is 0 Å². The maximum Gasteiger partial charge on any atom is 0.193 e. The Morgan fingerprint density at radius 3 is 2.88 bits per heavy atom. The first kappa shape index (κ1) is 20.4. The average molecular weight is 459 g/mol.